The van der Waals surface area contributed by atoms with Crippen molar-refractivity contribution in [3.63, 3.8) is 0 Å². The fourth-order valence-electron chi connectivity index (χ4n) is 8.12. The number of nitrogens with zero attached hydrogens (tertiary/aromatic N) is 1. The predicted octanol–water partition coefficient (Wildman–Crippen LogP) is 4.40. The molecule has 4 aliphatic carbocycles. The first-order valence-electron chi connectivity index (χ1n) is 10.5. The molecule has 0 saturated heterocycles. The fraction of sp³-hybridized carbons (Fsp3) is 0.955. The van der Waals surface area contributed by atoms with Crippen LogP contribution in [0.5, 0.6) is 0 Å². The zero-order chi connectivity index (χ0) is 18.0. The third-order valence-electron chi connectivity index (χ3n) is 9.37. The highest BCUT2D eigenvalue weighted by atomic mass is 16.5. The summed E-state index contributed by atoms with van der Waals surface area (Å²) in [5.74, 6) is 3.21. The molecule has 4 aliphatic rings. The molecule has 3 unspecified atom stereocenters. The van der Waals surface area contributed by atoms with Gasteiger partial charge < -0.3 is 9.84 Å². The molecule has 140 valence electrons. The molecule has 25 heavy (non-hydrogen) atoms. The molecule has 4 fully saturated rings. The second kappa shape index (κ2) is 5.96. The Morgan fingerprint density at radius 2 is 1.84 bits per heavy atom. The molecular formula is C22H35NO2. The van der Waals surface area contributed by atoms with Gasteiger partial charge in [-0.3, -0.25) is 0 Å². The average Bonchev–Trinajstić information content (AvgIpc) is 2.91. The molecule has 10 atom stereocenters. The summed E-state index contributed by atoms with van der Waals surface area (Å²) in [5.41, 5.74) is 0.424. The van der Waals surface area contributed by atoms with Crippen molar-refractivity contribution in [1.82, 2.24) is 0 Å². The maximum atomic E-state index is 10.4. The number of nitriles is 1. The van der Waals surface area contributed by atoms with Gasteiger partial charge in [0.25, 0.3) is 0 Å². The van der Waals surface area contributed by atoms with Crippen molar-refractivity contribution in [2.24, 2.45) is 46.3 Å². The lowest BCUT2D eigenvalue weighted by Crippen LogP contribution is -2.60. The molecule has 1 N–H and O–H groups in total. The topological polar surface area (TPSA) is 53.2 Å². The van der Waals surface area contributed by atoms with E-state index < -0.39 is 0 Å². The Morgan fingerprint density at radius 1 is 1.08 bits per heavy atom. The van der Waals surface area contributed by atoms with Crippen molar-refractivity contribution < 1.29 is 9.84 Å². The van der Waals surface area contributed by atoms with E-state index >= 15 is 0 Å². The largest absolute Gasteiger partial charge is 0.393 e. The van der Waals surface area contributed by atoms with Crippen molar-refractivity contribution in [2.45, 2.75) is 77.9 Å². The van der Waals surface area contributed by atoms with Gasteiger partial charge in [0.2, 0.25) is 0 Å². The van der Waals surface area contributed by atoms with Gasteiger partial charge in [-0.15, -0.1) is 0 Å². The average molecular weight is 346 g/mol. The summed E-state index contributed by atoms with van der Waals surface area (Å²) in [5, 5.41) is 20.1. The maximum Gasteiger partial charge on any atom is 0.0661 e. The number of aliphatic hydroxyl groups is 1. The van der Waals surface area contributed by atoms with E-state index in [0.717, 1.165) is 25.7 Å². The molecule has 4 saturated carbocycles. The zero-order valence-electron chi connectivity index (χ0n) is 16.4. The van der Waals surface area contributed by atoms with E-state index in [1.165, 1.54) is 19.3 Å². The zero-order valence-corrected chi connectivity index (χ0v) is 16.4. The second-order valence-corrected chi connectivity index (χ2v) is 10.3. The van der Waals surface area contributed by atoms with Crippen LogP contribution in [0, 0.1) is 57.7 Å². The highest BCUT2D eigenvalue weighted by Crippen LogP contribution is 2.68. The molecule has 3 nitrogen and oxygen atoms in total. The second-order valence-electron chi connectivity index (χ2n) is 10.3. The first-order chi connectivity index (χ1) is 11.8. The summed E-state index contributed by atoms with van der Waals surface area (Å²) in [7, 11) is 1.88. The number of hydrogen-bond acceptors (Lipinski definition) is 3. The van der Waals surface area contributed by atoms with Crippen LogP contribution in [0.1, 0.15) is 65.7 Å². The van der Waals surface area contributed by atoms with Crippen LogP contribution in [0.25, 0.3) is 0 Å². The molecule has 0 bridgehead atoms. The number of fused-ring (bicyclic) bond motifs is 5. The van der Waals surface area contributed by atoms with E-state index in [2.05, 4.69) is 26.8 Å². The van der Waals surface area contributed by atoms with Gasteiger partial charge in [-0.05, 0) is 85.4 Å². The Bertz CT molecular complexity index is 571. The maximum absolute atomic E-state index is 10.4. The molecule has 0 amide bonds. The lowest BCUT2D eigenvalue weighted by atomic mass is 9.43. The predicted molar refractivity (Wildman–Crippen MR) is 97.6 cm³/mol. The smallest absolute Gasteiger partial charge is 0.0661 e. The van der Waals surface area contributed by atoms with Crippen molar-refractivity contribution in [3.8, 4) is 6.07 Å². The summed E-state index contributed by atoms with van der Waals surface area (Å²) < 4.78 is 6.13. The van der Waals surface area contributed by atoms with E-state index in [-0.39, 0.29) is 29.0 Å². The first-order valence-corrected chi connectivity index (χ1v) is 10.5. The standard InChI is InChI=1S/C22H35NO2/c1-13-10-22(3)14(9-18(13)24)5-7-16-17-8-6-15(12-23)21(17,2)11-19(25-4)20(16)22/h13-20,24H,5-11H2,1-4H3/t13-,14?,15-,16+,17?,18+,19+,20?,21-,22+/m1/s1. The highest BCUT2D eigenvalue weighted by molar-refractivity contribution is 5.15. The van der Waals surface area contributed by atoms with E-state index in [9.17, 15) is 10.4 Å². The highest BCUT2D eigenvalue weighted by Gasteiger charge is 2.64. The van der Waals surface area contributed by atoms with Crippen LogP contribution in [0.15, 0.2) is 0 Å². The van der Waals surface area contributed by atoms with Crippen molar-refractivity contribution >= 4 is 0 Å². The minimum Gasteiger partial charge on any atom is -0.393 e. The van der Waals surface area contributed by atoms with Gasteiger partial charge in [-0.1, -0.05) is 20.8 Å². The lowest BCUT2D eigenvalue weighted by Gasteiger charge is -2.63. The van der Waals surface area contributed by atoms with Crippen LogP contribution in [0.2, 0.25) is 0 Å². The third kappa shape index (κ3) is 2.36. The molecule has 0 aromatic heterocycles. The molecule has 0 aliphatic heterocycles. The minimum absolute atomic E-state index is 0.126. The minimum atomic E-state index is -0.126. The molecule has 0 heterocycles. The van der Waals surface area contributed by atoms with Crippen molar-refractivity contribution in [1.29, 1.82) is 5.26 Å². The molecule has 4 rings (SSSR count). The number of rotatable bonds is 1. The van der Waals surface area contributed by atoms with Gasteiger partial charge in [-0.25, -0.2) is 0 Å². The van der Waals surface area contributed by atoms with E-state index in [0.29, 0.717) is 29.6 Å². The van der Waals surface area contributed by atoms with Gasteiger partial charge in [0.1, 0.15) is 0 Å². The Labute approximate surface area is 153 Å². The summed E-state index contributed by atoms with van der Waals surface area (Å²) in [6.45, 7) is 7.11. The fourth-order valence-corrected chi connectivity index (χ4v) is 8.12. The van der Waals surface area contributed by atoms with Crippen LogP contribution >= 0.6 is 0 Å². The van der Waals surface area contributed by atoms with Crippen LogP contribution < -0.4 is 0 Å². The van der Waals surface area contributed by atoms with Crippen LogP contribution in [0.4, 0.5) is 0 Å². The van der Waals surface area contributed by atoms with Gasteiger partial charge in [0.15, 0.2) is 0 Å². The quantitative estimate of drug-likeness (QED) is 0.766. The molecule has 0 spiro atoms. The molecule has 3 heteroatoms. The molecule has 0 aromatic carbocycles. The first kappa shape index (κ1) is 17.8. The van der Waals surface area contributed by atoms with Crippen molar-refractivity contribution in [2.75, 3.05) is 7.11 Å². The van der Waals surface area contributed by atoms with Gasteiger partial charge in [0, 0.05) is 7.11 Å². The Morgan fingerprint density at radius 3 is 2.52 bits per heavy atom. The van der Waals surface area contributed by atoms with Crippen molar-refractivity contribution in [3.05, 3.63) is 0 Å². The van der Waals surface area contributed by atoms with Crippen LogP contribution in [0.3, 0.4) is 0 Å². The van der Waals surface area contributed by atoms with Gasteiger partial charge in [0.05, 0.1) is 24.2 Å². The summed E-state index contributed by atoms with van der Waals surface area (Å²) in [4.78, 5) is 0. The van der Waals surface area contributed by atoms with E-state index in [1.807, 2.05) is 7.11 Å². The lowest BCUT2D eigenvalue weighted by molar-refractivity contribution is -0.191. The number of aliphatic hydroxyl groups excluding tert-OH is 1. The Hall–Kier alpha value is -0.590. The Balaban J connectivity index is 1.71. The number of methoxy groups -OCH3 is 1. The summed E-state index contributed by atoms with van der Waals surface area (Å²) in [6, 6.07) is 2.63. The van der Waals surface area contributed by atoms with Gasteiger partial charge in [-0.2, -0.15) is 5.26 Å². The summed E-state index contributed by atoms with van der Waals surface area (Å²) >= 11 is 0. The van der Waals surface area contributed by atoms with E-state index in [4.69, 9.17) is 4.74 Å². The van der Waals surface area contributed by atoms with E-state index in [1.54, 1.807) is 0 Å². The molecule has 0 aromatic rings. The summed E-state index contributed by atoms with van der Waals surface area (Å²) in [6.07, 6.45) is 8.12. The van der Waals surface area contributed by atoms with Gasteiger partial charge >= 0.3 is 0 Å². The monoisotopic (exact) mass is 345 g/mol. The number of ether oxygens (including phenoxy) is 1. The van der Waals surface area contributed by atoms with Crippen LogP contribution in [-0.4, -0.2) is 24.4 Å². The molecule has 0 radical (unpaired) electrons. The molecular weight excluding hydrogens is 310 g/mol. The third-order valence-corrected chi connectivity index (χ3v) is 9.37. The normalized spacial score (nSPS) is 57.9. The SMILES string of the molecule is CO[C@H]1C[C@@]2(C)C(CC[C@@H]2C#N)[C@@H]2CCC3C[C@H](O)[C@H](C)C[C@]3(C)C21. The van der Waals surface area contributed by atoms with Crippen LogP contribution in [-0.2, 0) is 4.74 Å². The Kier molecular flexibility index (Phi) is 4.25. The number of hydrogen-bond donors (Lipinski definition) is 1.